The first kappa shape index (κ1) is 18.9. The molecule has 0 radical (unpaired) electrons. The van der Waals surface area contributed by atoms with Crippen LogP contribution in [-0.2, 0) is 11.2 Å². The van der Waals surface area contributed by atoms with E-state index < -0.39 is 0 Å². The molecule has 2 rings (SSSR count). The molecule has 24 heavy (non-hydrogen) atoms. The number of rotatable bonds is 10. The predicted molar refractivity (Wildman–Crippen MR) is 99.1 cm³/mol. The molecule has 1 heterocycles. The van der Waals surface area contributed by atoms with Crippen molar-refractivity contribution in [3.63, 3.8) is 0 Å². The molecule has 0 amide bonds. The van der Waals surface area contributed by atoms with Crippen molar-refractivity contribution in [2.75, 3.05) is 20.3 Å². The van der Waals surface area contributed by atoms with Gasteiger partial charge in [-0.3, -0.25) is 0 Å². The minimum Gasteiger partial charge on any atom is -0.493 e. The molecule has 1 aromatic rings. The van der Waals surface area contributed by atoms with Crippen molar-refractivity contribution in [1.29, 1.82) is 0 Å². The monoisotopic (exact) mass is 332 g/mol. The highest BCUT2D eigenvalue weighted by Crippen LogP contribution is 2.29. The van der Waals surface area contributed by atoms with Gasteiger partial charge in [0, 0.05) is 19.6 Å². The summed E-state index contributed by atoms with van der Waals surface area (Å²) in [6.07, 6.45) is 8.71. The van der Waals surface area contributed by atoms with Gasteiger partial charge in [-0.1, -0.05) is 25.5 Å². The van der Waals surface area contributed by atoms with Gasteiger partial charge in [0.1, 0.15) is 18.1 Å². The maximum Gasteiger partial charge on any atom is 0.126 e. The fraction of sp³-hybridized carbons (Fsp3) is 0.619. The van der Waals surface area contributed by atoms with Crippen LogP contribution in [0, 0.1) is 0 Å². The molecule has 0 aromatic heterocycles. The van der Waals surface area contributed by atoms with Gasteiger partial charge < -0.3 is 14.2 Å². The van der Waals surface area contributed by atoms with Crippen LogP contribution < -0.4 is 9.47 Å². The summed E-state index contributed by atoms with van der Waals surface area (Å²) >= 11 is 0. The van der Waals surface area contributed by atoms with Crippen LogP contribution in [0.5, 0.6) is 11.5 Å². The Bertz CT molecular complexity index is 536. The zero-order chi connectivity index (χ0) is 17.4. The third-order valence-electron chi connectivity index (χ3n) is 5.27. The van der Waals surface area contributed by atoms with Crippen molar-refractivity contribution < 1.29 is 14.2 Å². The maximum atomic E-state index is 5.83. The molecular formula is C21H32O3. The van der Waals surface area contributed by atoms with Gasteiger partial charge in [-0.05, 0) is 56.7 Å². The van der Waals surface area contributed by atoms with E-state index in [9.17, 15) is 0 Å². The molecule has 0 fully saturated rings. The predicted octanol–water partition coefficient (Wildman–Crippen LogP) is 5.32. The van der Waals surface area contributed by atoms with E-state index in [0.29, 0.717) is 6.61 Å². The second-order valence-corrected chi connectivity index (χ2v) is 6.68. The van der Waals surface area contributed by atoms with Crippen LogP contribution in [-0.4, -0.2) is 25.9 Å². The zero-order valence-electron chi connectivity index (χ0n) is 15.7. The molecule has 0 N–H and O–H groups in total. The molecule has 1 aliphatic rings. The maximum absolute atomic E-state index is 5.83. The normalized spacial score (nSPS) is 14.4. The zero-order valence-corrected chi connectivity index (χ0v) is 15.7. The smallest absolute Gasteiger partial charge is 0.126 e. The van der Waals surface area contributed by atoms with Gasteiger partial charge in [0.05, 0.1) is 12.2 Å². The molecule has 0 unspecified atom stereocenters. The second-order valence-electron chi connectivity index (χ2n) is 6.68. The van der Waals surface area contributed by atoms with E-state index in [1.807, 2.05) is 19.2 Å². The first-order valence-corrected chi connectivity index (χ1v) is 9.21. The molecule has 3 heteroatoms. The standard InChI is InChI=1S/C21H32O3/c1-5-21(6-2,22-4)13-7-8-17(3)11-14-23-19-10-9-18-12-15-24-20(18)16-19/h9-11,16H,5-8,12-15H2,1-4H3/b17-11+. The lowest BCUT2D eigenvalue weighted by Crippen LogP contribution is -2.29. The lowest BCUT2D eigenvalue weighted by atomic mass is 9.90. The van der Waals surface area contributed by atoms with Crippen molar-refractivity contribution in [1.82, 2.24) is 0 Å². The van der Waals surface area contributed by atoms with Gasteiger partial charge >= 0.3 is 0 Å². The Morgan fingerprint density at radius 3 is 2.79 bits per heavy atom. The minimum absolute atomic E-state index is 0.0567. The Balaban J connectivity index is 1.74. The lowest BCUT2D eigenvalue weighted by Gasteiger charge is -2.30. The number of ether oxygens (including phenoxy) is 3. The number of hydrogen-bond donors (Lipinski definition) is 0. The number of hydrogen-bond acceptors (Lipinski definition) is 3. The molecule has 134 valence electrons. The molecule has 0 aliphatic carbocycles. The van der Waals surface area contributed by atoms with Crippen molar-refractivity contribution in [2.24, 2.45) is 0 Å². The van der Waals surface area contributed by atoms with Gasteiger partial charge in [-0.15, -0.1) is 0 Å². The first-order chi connectivity index (χ1) is 11.6. The molecule has 0 saturated carbocycles. The topological polar surface area (TPSA) is 27.7 Å². The van der Waals surface area contributed by atoms with Gasteiger partial charge in [-0.2, -0.15) is 0 Å². The molecular weight excluding hydrogens is 300 g/mol. The van der Waals surface area contributed by atoms with Crippen molar-refractivity contribution in [3.05, 3.63) is 35.4 Å². The summed E-state index contributed by atoms with van der Waals surface area (Å²) in [6.45, 7) is 8.01. The molecule has 0 spiro atoms. The lowest BCUT2D eigenvalue weighted by molar-refractivity contribution is -0.0250. The van der Waals surface area contributed by atoms with E-state index in [0.717, 1.165) is 56.6 Å². The summed E-state index contributed by atoms with van der Waals surface area (Å²) in [5, 5.41) is 0. The van der Waals surface area contributed by atoms with Crippen LogP contribution in [0.4, 0.5) is 0 Å². The average Bonchev–Trinajstić information content (AvgIpc) is 3.07. The van der Waals surface area contributed by atoms with Gasteiger partial charge in [-0.25, -0.2) is 0 Å². The Morgan fingerprint density at radius 2 is 2.08 bits per heavy atom. The molecule has 0 saturated heterocycles. The van der Waals surface area contributed by atoms with Crippen LogP contribution in [0.25, 0.3) is 0 Å². The number of allylic oxidation sites excluding steroid dienone is 1. The summed E-state index contributed by atoms with van der Waals surface area (Å²) in [4.78, 5) is 0. The summed E-state index contributed by atoms with van der Waals surface area (Å²) in [7, 11) is 1.84. The number of methoxy groups -OCH3 is 1. The number of fused-ring (bicyclic) bond motifs is 1. The quantitative estimate of drug-likeness (QED) is 0.543. The summed E-state index contributed by atoms with van der Waals surface area (Å²) < 4.78 is 17.1. The highest BCUT2D eigenvalue weighted by Gasteiger charge is 2.24. The van der Waals surface area contributed by atoms with Crippen LogP contribution in [0.3, 0.4) is 0 Å². The fourth-order valence-corrected chi connectivity index (χ4v) is 3.30. The van der Waals surface area contributed by atoms with Crippen LogP contribution in [0.15, 0.2) is 29.8 Å². The first-order valence-electron chi connectivity index (χ1n) is 9.21. The van der Waals surface area contributed by atoms with Crippen molar-refractivity contribution >= 4 is 0 Å². The second kappa shape index (κ2) is 9.12. The van der Waals surface area contributed by atoms with E-state index in [1.54, 1.807) is 0 Å². The summed E-state index contributed by atoms with van der Waals surface area (Å²) in [6, 6.07) is 6.14. The van der Waals surface area contributed by atoms with Crippen molar-refractivity contribution in [3.8, 4) is 11.5 Å². The Kier molecular flexibility index (Phi) is 7.16. The Morgan fingerprint density at radius 1 is 1.29 bits per heavy atom. The highest BCUT2D eigenvalue weighted by atomic mass is 16.5. The van der Waals surface area contributed by atoms with Gasteiger partial charge in [0.2, 0.25) is 0 Å². The van der Waals surface area contributed by atoms with Crippen molar-refractivity contribution in [2.45, 2.75) is 64.9 Å². The van der Waals surface area contributed by atoms with E-state index in [1.165, 1.54) is 11.1 Å². The fourth-order valence-electron chi connectivity index (χ4n) is 3.30. The van der Waals surface area contributed by atoms with E-state index in [-0.39, 0.29) is 5.60 Å². The molecule has 1 aromatic carbocycles. The summed E-state index contributed by atoms with van der Waals surface area (Å²) in [5.74, 6) is 1.86. The average molecular weight is 332 g/mol. The van der Waals surface area contributed by atoms with E-state index >= 15 is 0 Å². The Hall–Kier alpha value is -1.48. The highest BCUT2D eigenvalue weighted by molar-refractivity contribution is 5.42. The van der Waals surface area contributed by atoms with Crippen LogP contribution >= 0.6 is 0 Å². The van der Waals surface area contributed by atoms with E-state index in [2.05, 4.69) is 32.9 Å². The SMILES string of the molecule is CCC(CC)(CCC/C(C)=C/COc1ccc2c(c1)OCC2)OC. The largest absolute Gasteiger partial charge is 0.493 e. The molecule has 3 nitrogen and oxygen atoms in total. The third kappa shape index (κ3) is 5.01. The third-order valence-corrected chi connectivity index (χ3v) is 5.27. The van der Waals surface area contributed by atoms with Crippen LogP contribution in [0.2, 0.25) is 0 Å². The molecule has 0 bridgehead atoms. The number of benzene rings is 1. The van der Waals surface area contributed by atoms with Crippen LogP contribution in [0.1, 0.15) is 58.4 Å². The summed E-state index contributed by atoms with van der Waals surface area (Å²) in [5.41, 5.74) is 2.72. The Labute approximate surface area is 147 Å². The molecule has 1 aliphatic heterocycles. The molecule has 0 atom stereocenters. The van der Waals surface area contributed by atoms with Gasteiger partial charge in [0.25, 0.3) is 0 Å². The van der Waals surface area contributed by atoms with E-state index in [4.69, 9.17) is 14.2 Å². The minimum atomic E-state index is 0.0567. The van der Waals surface area contributed by atoms with Gasteiger partial charge in [0.15, 0.2) is 0 Å².